The van der Waals surface area contributed by atoms with Crippen LogP contribution in [0.1, 0.15) is 0 Å². The van der Waals surface area contributed by atoms with Gasteiger partial charge in [-0.05, 0) is 0 Å². The van der Waals surface area contributed by atoms with Gasteiger partial charge in [-0.25, -0.2) is 13.7 Å². The number of aryl methyl sites for hydroxylation is 1. The number of nitrogens with one attached hydrogen (secondary N) is 1. The van der Waals surface area contributed by atoms with E-state index < -0.39 is 0 Å². The van der Waals surface area contributed by atoms with Crippen molar-refractivity contribution in [2.75, 3.05) is 40.0 Å². The van der Waals surface area contributed by atoms with Crippen LogP contribution in [-0.2, 0) is 23.1 Å². The Labute approximate surface area is 120 Å². The fourth-order valence-corrected chi connectivity index (χ4v) is 1.67. The second-order valence-corrected chi connectivity index (χ2v) is 4.38. The highest BCUT2D eigenvalue weighted by atomic mass is 16.5. The molecule has 0 spiro atoms. The molecule has 0 aliphatic rings. The molecule has 6 heteroatoms. The Kier molecular flexibility index (Phi) is 8.33. The van der Waals surface area contributed by atoms with E-state index >= 15 is 0 Å². The lowest BCUT2D eigenvalue weighted by atomic mass is 10.6. The first-order valence-corrected chi connectivity index (χ1v) is 6.81. The summed E-state index contributed by atoms with van der Waals surface area (Å²) in [5, 5.41) is 2.95. The number of hydrogen-bond donors (Lipinski definition) is 1. The van der Waals surface area contributed by atoms with Crippen LogP contribution < -0.4 is 9.88 Å². The Balaban J connectivity index is 1.94. The average molecular weight is 282 g/mol. The summed E-state index contributed by atoms with van der Waals surface area (Å²) in [6.07, 6.45) is 9.68. The van der Waals surface area contributed by atoms with Crippen molar-refractivity contribution in [2.45, 2.75) is 6.54 Å². The number of nitrogens with zero attached hydrogens (tertiary/aromatic N) is 3. The van der Waals surface area contributed by atoms with E-state index in [2.05, 4.69) is 16.5 Å². The van der Waals surface area contributed by atoms with Crippen molar-refractivity contribution in [3.63, 3.8) is 0 Å². The van der Waals surface area contributed by atoms with Crippen molar-refractivity contribution < 1.29 is 18.6 Å². The first-order chi connectivity index (χ1) is 9.76. The Bertz CT molecular complexity index is 415. The topological polar surface area (TPSA) is 42.3 Å². The molecule has 0 saturated heterocycles. The molecular formula is C14H26N4O2+2. The third kappa shape index (κ3) is 7.06. The number of aromatic nitrogens is 2. The number of imidazole rings is 1. The molecule has 0 radical (unpaired) electrons. The maximum atomic E-state index is 5.52. The summed E-state index contributed by atoms with van der Waals surface area (Å²) >= 11 is 0. The summed E-state index contributed by atoms with van der Waals surface area (Å²) in [6.45, 7) is 7.96. The zero-order chi connectivity index (χ0) is 14.6. The summed E-state index contributed by atoms with van der Waals surface area (Å²) < 4.78 is 17.1. The standard InChI is InChI=1S/C14H25N4O2/c1-4-17(13-15-2)7-9-19-11-12-20-10-8-18-6-5-16(3)14-18/h4-6,13-14H,1,7-12H2,2-3H3/q+1/p+1. The zero-order valence-electron chi connectivity index (χ0n) is 12.5. The van der Waals surface area contributed by atoms with Gasteiger partial charge in [-0.3, -0.25) is 5.32 Å². The van der Waals surface area contributed by atoms with Gasteiger partial charge in [0.1, 0.15) is 25.5 Å². The summed E-state index contributed by atoms with van der Waals surface area (Å²) in [4.78, 5) is 0. The molecule has 0 fully saturated rings. The molecule has 1 N–H and O–H groups in total. The van der Waals surface area contributed by atoms with E-state index in [4.69, 9.17) is 9.47 Å². The molecule has 0 amide bonds. The molecule has 0 aromatic carbocycles. The van der Waals surface area contributed by atoms with Gasteiger partial charge >= 0.3 is 0 Å². The molecule has 0 atom stereocenters. The SMILES string of the molecule is C=C[N+](=CNC)CCOCCOCCn1cc[n+](C)c1. The lowest BCUT2D eigenvalue weighted by Crippen LogP contribution is -2.24. The number of hydrogen-bond acceptors (Lipinski definition) is 2. The van der Waals surface area contributed by atoms with Crippen LogP contribution in [-0.4, -0.2) is 55.5 Å². The van der Waals surface area contributed by atoms with Crippen LogP contribution in [0, 0.1) is 0 Å². The van der Waals surface area contributed by atoms with Crippen LogP contribution in [0.4, 0.5) is 0 Å². The quantitative estimate of drug-likeness (QED) is 0.263. The largest absolute Gasteiger partial charge is 0.375 e. The van der Waals surface area contributed by atoms with E-state index in [-0.39, 0.29) is 0 Å². The van der Waals surface area contributed by atoms with Gasteiger partial charge in [0.15, 0.2) is 0 Å². The molecule has 112 valence electrons. The van der Waals surface area contributed by atoms with Crippen molar-refractivity contribution in [2.24, 2.45) is 7.05 Å². The second kappa shape index (κ2) is 10.2. The zero-order valence-corrected chi connectivity index (χ0v) is 12.5. The molecule has 1 rings (SSSR count). The molecule has 0 saturated carbocycles. The molecular weight excluding hydrogens is 256 g/mol. The molecule has 0 bridgehead atoms. The maximum Gasteiger partial charge on any atom is 0.243 e. The van der Waals surface area contributed by atoms with Crippen LogP contribution in [0.2, 0.25) is 0 Å². The second-order valence-electron chi connectivity index (χ2n) is 4.38. The van der Waals surface area contributed by atoms with Gasteiger partial charge in [-0.1, -0.05) is 6.58 Å². The summed E-state index contributed by atoms with van der Waals surface area (Å²) in [6, 6.07) is 0. The monoisotopic (exact) mass is 282 g/mol. The fourth-order valence-electron chi connectivity index (χ4n) is 1.67. The van der Waals surface area contributed by atoms with Gasteiger partial charge in [0.25, 0.3) is 0 Å². The summed E-state index contributed by atoms with van der Waals surface area (Å²) in [7, 11) is 3.86. The Hall–Kier alpha value is -1.66. The number of rotatable bonds is 11. The van der Waals surface area contributed by atoms with Crippen LogP contribution >= 0.6 is 0 Å². The Morgan fingerprint density at radius 2 is 2.05 bits per heavy atom. The molecule has 0 aliphatic carbocycles. The van der Waals surface area contributed by atoms with Crippen molar-refractivity contribution in [3.8, 4) is 0 Å². The van der Waals surface area contributed by atoms with Crippen LogP contribution in [0.3, 0.4) is 0 Å². The van der Waals surface area contributed by atoms with E-state index in [1.54, 1.807) is 6.20 Å². The van der Waals surface area contributed by atoms with Crippen LogP contribution in [0.5, 0.6) is 0 Å². The average Bonchev–Trinajstić information content (AvgIpc) is 2.86. The van der Waals surface area contributed by atoms with Gasteiger partial charge in [-0.15, -0.1) is 0 Å². The highest BCUT2D eigenvalue weighted by molar-refractivity contribution is 5.47. The van der Waals surface area contributed by atoms with Gasteiger partial charge < -0.3 is 9.47 Å². The van der Waals surface area contributed by atoms with Crippen molar-refractivity contribution in [1.82, 2.24) is 9.88 Å². The van der Waals surface area contributed by atoms with Crippen LogP contribution in [0.15, 0.2) is 31.5 Å². The van der Waals surface area contributed by atoms with E-state index in [9.17, 15) is 0 Å². The molecule has 1 aromatic heterocycles. The van der Waals surface area contributed by atoms with Gasteiger partial charge in [0.05, 0.1) is 46.7 Å². The number of ether oxygens (including phenoxy) is 2. The van der Waals surface area contributed by atoms with Gasteiger partial charge in [0.2, 0.25) is 12.7 Å². The Morgan fingerprint density at radius 3 is 2.65 bits per heavy atom. The van der Waals surface area contributed by atoms with Crippen LogP contribution in [0.25, 0.3) is 0 Å². The van der Waals surface area contributed by atoms with E-state index in [1.807, 2.05) is 48.3 Å². The van der Waals surface area contributed by atoms with E-state index in [0.717, 1.165) is 13.1 Å². The lowest BCUT2D eigenvalue weighted by molar-refractivity contribution is -0.671. The third-order valence-corrected chi connectivity index (χ3v) is 2.71. The minimum atomic E-state index is 0.615. The minimum absolute atomic E-state index is 0.615. The van der Waals surface area contributed by atoms with E-state index in [1.165, 1.54) is 0 Å². The van der Waals surface area contributed by atoms with Crippen molar-refractivity contribution in [1.29, 1.82) is 0 Å². The molecule has 1 aromatic rings. The molecule has 6 nitrogen and oxygen atoms in total. The highest BCUT2D eigenvalue weighted by Crippen LogP contribution is 1.86. The van der Waals surface area contributed by atoms with Crippen molar-refractivity contribution in [3.05, 3.63) is 31.5 Å². The highest BCUT2D eigenvalue weighted by Gasteiger charge is 1.99. The lowest BCUT2D eigenvalue weighted by Gasteiger charge is -2.05. The molecule has 0 aliphatic heterocycles. The van der Waals surface area contributed by atoms with Gasteiger partial charge in [0, 0.05) is 0 Å². The fraction of sp³-hybridized carbons (Fsp3) is 0.571. The van der Waals surface area contributed by atoms with E-state index in [0.29, 0.717) is 26.4 Å². The predicted molar refractivity (Wildman–Crippen MR) is 77.7 cm³/mol. The van der Waals surface area contributed by atoms with Gasteiger partial charge in [-0.2, -0.15) is 0 Å². The third-order valence-electron chi connectivity index (χ3n) is 2.71. The molecule has 0 unspecified atom stereocenters. The first kappa shape index (κ1) is 16.4. The first-order valence-electron chi connectivity index (χ1n) is 6.81. The molecule has 1 heterocycles. The predicted octanol–water partition coefficient (Wildman–Crippen LogP) is -0.250. The minimum Gasteiger partial charge on any atom is -0.375 e. The normalized spacial score (nSPS) is 11.6. The summed E-state index contributed by atoms with van der Waals surface area (Å²) in [5.41, 5.74) is 0. The smallest absolute Gasteiger partial charge is 0.243 e. The summed E-state index contributed by atoms with van der Waals surface area (Å²) in [5.74, 6) is 0. The van der Waals surface area contributed by atoms with Crippen molar-refractivity contribution >= 4 is 6.34 Å². The molecule has 20 heavy (non-hydrogen) atoms. The Morgan fingerprint density at radius 1 is 1.30 bits per heavy atom. The maximum absolute atomic E-state index is 5.52.